The summed E-state index contributed by atoms with van der Waals surface area (Å²) in [6.07, 6.45) is 1.88. The molecule has 0 amide bonds. The van der Waals surface area contributed by atoms with Crippen LogP contribution >= 0.6 is 0 Å². The van der Waals surface area contributed by atoms with Crippen molar-refractivity contribution in [3.8, 4) is 0 Å². The molecular formula is C7H11NO2. The number of esters is 1. The number of hydrogen-bond acceptors (Lipinski definition) is 3. The van der Waals surface area contributed by atoms with Gasteiger partial charge in [-0.2, -0.15) is 0 Å². The minimum Gasteiger partial charge on any atom is -0.468 e. The molecule has 0 fully saturated rings. The van der Waals surface area contributed by atoms with E-state index in [-0.39, 0.29) is 12.0 Å². The lowest BCUT2D eigenvalue weighted by Crippen LogP contribution is -2.31. The highest BCUT2D eigenvalue weighted by Gasteiger charge is 2.19. The van der Waals surface area contributed by atoms with Gasteiger partial charge >= 0.3 is 5.97 Å². The summed E-state index contributed by atoms with van der Waals surface area (Å²) in [6, 6.07) is -0.218. The molecule has 0 spiro atoms. The Morgan fingerprint density at radius 3 is 3.00 bits per heavy atom. The fourth-order valence-electron chi connectivity index (χ4n) is 0.952. The van der Waals surface area contributed by atoms with E-state index in [2.05, 4.69) is 10.1 Å². The van der Waals surface area contributed by atoms with E-state index in [1.54, 1.807) is 0 Å². The first kappa shape index (κ1) is 7.28. The van der Waals surface area contributed by atoms with Crippen LogP contribution in [0.1, 0.15) is 6.92 Å². The zero-order chi connectivity index (χ0) is 7.56. The van der Waals surface area contributed by atoms with Gasteiger partial charge < -0.3 is 4.74 Å². The highest BCUT2D eigenvalue weighted by Crippen LogP contribution is 2.04. The SMILES string of the molecule is COC(=O)C1C=C(C)CN1. The number of hydrogen-bond donors (Lipinski definition) is 1. The Bertz CT molecular complexity index is 174. The molecule has 0 aromatic heterocycles. The van der Waals surface area contributed by atoms with Gasteiger partial charge in [-0.1, -0.05) is 11.6 Å². The summed E-state index contributed by atoms with van der Waals surface area (Å²) >= 11 is 0. The summed E-state index contributed by atoms with van der Waals surface area (Å²) in [5.74, 6) is -0.211. The number of nitrogens with one attached hydrogen (secondary N) is 1. The van der Waals surface area contributed by atoms with E-state index in [4.69, 9.17) is 0 Å². The zero-order valence-electron chi connectivity index (χ0n) is 6.18. The maximum Gasteiger partial charge on any atom is 0.326 e. The normalized spacial score (nSPS) is 24.2. The molecule has 56 valence electrons. The molecule has 3 nitrogen and oxygen atoms in total. The maximum atomic E-state index is 10.8. The van der Waals surface area contributed by atoms with Crippen molar-refractivity contribution in [2.75, 3.05) is 13.7 Å². The maximum absolute atomic E-state index is 10.8. The van der Waals surface area contributed by atoms with Crippen molar-refractivity contribution in [1.82, 2.24) is 5.32 Å². The minimum absolute atomic E-state index is 0.211. The van der Waals surface area contributed by atoms with E-state index in [9.17, 15) is 4.79 Å². The lowest BCUT2D eigenvalue weighted by atomic mass is 10.3. The summed E-state index contributed by atoms with van der Waals surface area (Å²) in [5.41, 5.74) is 1.19. The van der Waals surface area contributed by atoms with Gasteiger partial charge in [-0.15, -0.1) is 0 Å². The number of rotatable bonds is 1. The van der Waals surface area contributed by atoms with Crippen LogP contribution in [-0.2, 0) is 9.53 Å². The predicted octanol–water partition coefficient (Wildman–Crippen LogP) is 0.0775. The van der Waals surface area contributed by atoms with E-state index in [0.717, 1.165) is 6.54 Å². The van der Waals surface area contributed by atoms with Crippen LogP contribution in [0.15, 0.2) is 11.6 Å². The van der Waals surface area contributed by atoms with Gasteiger partial charge in [0, 0.05) is 6.54 Å². The van der Waals surface area contributed by atoms with Crippen LogP contribution in [-0.4, -0.2) is 25.7 Å². The van der Waals surface area contributed by atoms with E-state index < -0.39 is 0 Å². The van der Waals surface area contributed by atoms with Gasteiger partial charge in [0.05, 0.1) is 7.11 Å². The molecule has 0 aliphatic carbocycles. The van der Waals surface area contributed by atoms with Crippen LogP contribution in [0.3, 0.4) is 0 Å². The highest BCUT2D eigenvalue weighted by molar-refractivity contribution is 5.78. The van der Waals surface area contributed by atoms with Crippen LogP contribution in [0, 0.1) is 0 Å². The van der Waals surface area contributed by atoms with Crippen LogP contribution in [0.2, 0.25) is 0 Å². The van der Waals surface area contributed by atoms with E-state index in [1.165, 1.54) is 12.7 Å². The fraction of sp³-hybridized carbons (Fsp3) is 0.571. The molecular weight excluding hydrogens is 130 g/mol. The van der Waals surface area contributed by atoms with E-state index >= 15 is 0 Å². The largest absolute Gasteiger partial charge is 0.468 e. The van der Waals surface area contributed by atoms with Crippen molar-refractivity contribution < 1.29 is 9.53 Å². The smallest absolute Gasteiger partial charge is 0.326 e. The quantitative estimate of drug-likeness (QED) is 0.415. The molecule has 1 heterocycles. The van der Waals surface area contributed by atoms with Gasteiger partial charge in [0.15, 0.2) is 0 Å². The van der Waals surface area contributed by atoms with Gasteiger partial charge in [0.2, 0.25) is 0 Å². The predicted molar refractivity (Wildman–Crippen MR) is 37.6 cm³/mol. The fourth-order valence-corrected chi connectivity index (χ4v) is 0.952. The van der Waals surface area contributed by atoms with Crippen molar-refractivity contribution in [2.24, 2.45) is 0 Å². The Hall–Kier alpha value is -0.830. The van der Waals surface area contributed by atoms with Crippen molar-refractivity contribution in [3.05, 3.63) is 11.6 Å². The standard InChI is InChI=1S/C7H11NO2/c1-5-3-6(8-4-5)7(9)10-2/h3,6,8H,4H2,1-2H3. The van der Waals surface area contributed by atoms with Crippen molar-refractivity contribution in [2.45, 2.75) is 13.0 Å². The molecule has 0 aromatic rings. The third-order valence-electron chi connectivity index (χ3n) is 1.51. The zero-order valence-corrected chi connectivity index (χ0v) is 6.18. The van der Waals surface area contributed by atoms with Crippen LogP contribution in [0.25, 0.3) is 0 Å². The van der Waals surface area contributed by atoms with Gasteiger partial charge in [0.1, 0.15) is 6.04 Å². The number of ether oxygens (including phenoxy) is 1. The lowest BCUT2D eigenvalue weighted by molar-refractivity contribution is -0.141. The van der Waals surface area contributed by atoms with Gasteiger partial charge in [0.25, 0.3) is 0 Å². The van der Waals surface area contributed by atoms with Crippen LogP contribution in [0.5, 0.6) is 0 Å². The Morgan fingerprint density at radius 2 is 2.60 bits per heavy atom. The monoisotopic (exact) mass is 141 g/mol. The number of methoxy groups -OCH3 is 1. The molecule has 1 unspecified atom stereocenters. The third-order valence-corrected chi connectivity index (χ3v) is 1.51. The molecule has 0 saturated carbocycles. The molecule has 0 radical (unpaired) electrons. The third kappa shape index (κ3) is 1.36. The second-order valence-electron chi connectivity index (χ2n) is 2.39. The average Bonchev–Trinajstić information content (AvgIpc) is 2.34. The first-order valence-electron chi connectivity index (χ1n) is 3.22. The molecule has 1 N–H and O–H groups in total. The first-order chi connectivity index (χ1) is 4.74. The van der Waals surface area contributed by atoms with Crippen LogP contribution < -0.4 is 5.32 Å². The van der Waals surface area contributed by atoms with Gasteiger partial charge in [-0.25, -0.2) is 0 Å². The van der Waals surface area contributed by atoms with Crippen LogP contribution in [0.4, 0.5) is 0 Å². The number of carbonyl (C=O) groups is 1. The minimum atomic E-state index is -0.218. The summed E-state index contributed by atoms with van der Waals surface area (Å²) in [6.45, 7) is 2.77. The Balaban J connectivity index is 2.52. The molecule has 1 rings (SSSR count). The van der Waals surface area contributed by atoms with Crippen molar-refractivity contribution in [3.63, 3.8) is 0 Å². The second-order valence-corrected chi connectivity index (χ2v) is 2.39. The molecule has 0 aromatic carbocycles. The molecule has 1 aliphatic rings. The average molecular weight is 141 g/mol. The first-order valence-corrected chi connectivity index (χ1v) is 3.22. The summed E-state index contributed by atoms with van der Waals surface area (Å²) < 4.78 is 4.54. The Labute approximate surface area is 60.1 Å². The summed E-state index contributed by atoms with van der Waals surface area (Å²) in [7, 11) is 1.39. The van der Waals surface area contributed by atoms with E-state index in [1.807, 2.05) is 13.0 Å². The van der Waals surface area contributed by atoms with Crippen molar-refractivity contribution in [1.29, 1.82) is 0 Å². The molecule has 0 saturated heterocycles. The summed E-state index contributed by atoms with van der Waals surface area (Å²) in [5, 5.41) is 2.99. The molecule has 0 bridgehead atoms. The Kier molecular flexibility index (Phi) is 2.06. The second kappa shape index (κ2) is 2.84. The topological polar surface area (TPSA) is 38.3 Å². The van der Waals surface area contributed by atoms with Gasteiger partial charge in [-0.3, -0.25) is 10.1 Å². The lowest BCUT2D eigenvalue weighted by Gasteiger charge is -2.03. The Morgan fingerprint density at radius 1 is 1.90 bits per heavy atom. The van der Waals surface area contributed by atoms with Gasteiger partial charge in [-0.05, 0) is 6.92 Å². The summed E-state index contributed by atoms with van der Waals surface area (Å²) in [4.78, 5) is 10.8. The van der Waals surface area contributed by atoms with Crippen molar-refractivity contribution >= 4 is 5.97 Å². The molecule has 3 heteroatoms. The van der Waals surface area contributed by atoms with E-state index in [0.29, 0.717) is 0 Å². The molecule has 1 atom stereocenters. The number of carbonyl (C=O) groups excluding carboxylic acids is 1. The molecule has 1 aliphatic heterocycles. The highest BCUT2D eigenvalue weighted by atomic mass is 16.5. The molecule has 10 heavy (non-hydrogen) atoms.